The van der Waals surface area contributed by atoms with Gasteiger partial charge in [0.15, 0.2) is 0 Å². The second kappa shape index (κ2) is 7.59. The normalized spacial score (nSPS) is 21.8. The predicted octanol–water partition coefficient (Wildman–Crippen LogP) is 2.91. The fraction of sp³-hybridized carbons (Fsp3) is 0.524. The number of likely N-dealkylation sites (N-methyl/N-ethyl adjacent to an activating group) is 1. The van der Waals surface area contributed by atoms with E-state index in [0.29, 0.717) is 19.7 Å². The van der Waals surface area contributed by atoms with Crippen molar-refractivity contribution >= 4 is 6.09 Å². The van der Waals surface area contributed by atoms with Gasteiger partial charge in [0.2, 0.25) is 0 Å². The summed E-state index contributed by atoms with van der Waals surface area (Å²) in [6.45, 7) is 7.13. The Morgan fingerprint density at radius 1 is 1.28 bits per heavy atom. The second-order valence-corrected chi connectivity index (χ2v) is 7.93. The first kappa shape index (κ1) is 19.6. The standard InChI is InChI=1S/C21H27N3O5/c1-14-18(15(2)29-22-14)11-27-17-5-6-19(26-4)16(9-17)10-24-8-7-21(13-24)12-23(3)20(25)28-21/h5-6,9H,7-8,10-13H2,1-4H3. The number of rotatable bonds is 6. The lowest BCUT2D eigenvalue weighted by Crippen LogP contribution is -2.37. The minimum Gasteiger partial charge on any atom is -0.496 e. The van der Waals surface area contributed by atoms with Gasteiger partial charge in [-0.05, 0) is 32.0 Å². The number of hydrogen-bond acceptors (Lipinski definition) is 7. The first-order valence-electron chi connectivity index (χ1n) is 9.77. The van der Waals surface area contributed by atoms with Crippen LogP contribution in [0.25, 0.3) is 0 Å². The molecule has 0 aliphatic carbocycles. The Morgan fingerprint density at radius 2 is 2.10 bits per heavy atom. The number of carbonyl (C=O) groups is 1. The summed E-state index contributed by atoms with van der Waals surface area (Å²) in [6.07, 6.45) is 0.604. The van der Waals surface area contributed by atoms with Crippen LogP contribution in [0.5, 0.6) is 11.5 Å². The van der Waals surface area contributed by atoms with Crippen LogP contribution >= 0.6 is 0 Å². The molecule has 2 aliphatic rings. The average molecular weight is 401 g/mol. The first-order valence-corrected chi connectivity index (χ1v) is 9.77. The molecule has 1 aromatic carbocycles. The average Bonchev–Trinajstić information content (AvgIpc) is 3.31. The molecule has 1 amide bonds. The fourth-order valence-corrected chi connectivity index (χ4v) is 4.14. The van der Waals surface area contributed by atoms with Crippen LogP contribution in [-0.2, 0) is 17.9 Å². The maximum atomic E-state index is 11.8. The summed E-state index contributed by atoms with van der Waals surface area (Å²) in [5.41, 5.74) is 2.46. The molecular formula is C21H27N3O5. The van der Waals surface area contributed by atoms with E-state index in [2.05, 4.69) is 10.1 Å². The van der Waals surface area contributed by atoms with Crippen LogP contribution in [0.4, 0.5) is 4.79 Å². The molecule has 3 heterocycles. The van der Waals surface area contributed by atoms with E-state index < -0.39 is 5.60 Å². The van der Waals surface area contributed by atoms with Crippen molar-refractivity contribution in [3.8, 4) is 11.5 Å². The van der Waals surface area contributed by atoms with Gasteiger partial charge in [0.05, 0.1) is 24.9 Å². The van der Waals surface area contributed by atoms with Crippen LogP contribution < -0.4 is 9.47 Å². The van der Waals surface area contributed by atoms with Gasteiger partial charge in [-0.1, -0.05) is 5.16 Å². The van der Waals surface area contributed by atoms with Crippen LogP contribution in [-0.4, -0.2) is 60.4 Å². The number of likely N-dealkylation sites (tertiary alicyclic amines) is 1. The quantitative estimate of drug-likeness (QED) is 0.736. The lowest BCUT2D eigenvalue weighted by molar-refractivity contribution is 0.0626. The number of carbonyl (C=O) groups excluding carboxylic acids is 1. The largest absolute Gasteiger partial charge is 0.496 e. The van der Waals surface area contributed by atoms with Crippen LogP contribution in [0.2, 0.25) is 0 Å². The van der Waals surface area contributed by atoms with Crippen LogP contribution in [0, 0.1) is 13.8 Å². The Balaban J connectivity index is 1.44. The van der Waals surface area contributed by atoms with E-state index >= 15 is 0 Å². The molecule has 2 aromatic rings. The Morgan fingerprint density at radius 3 is 2.76 bits per heavy atom. The fourth-order valence-electron chi connectivity index (χ4n) is 4.14. The Bertz CT molecular complexity index is 892. The van der Waals surface area contributed by atoms with Crippen LogP contribution in [0.3, 0.4) is 0 Å². The highest BCUT2D eigenvalue weighted by molar-refractivity contribution is 5.70. The molecule has 0 radical (unpaired) electrons. The minimum absolute atomic E-state index is 0.237. The Kier molecular flexibility index (Phi) is 5.12. The van der Waals surface area contributed by atoms with E-state index in [4.69, 9.17) is 18.7 Å². The van der Waals surface area contributed by atoms with Crippen molar-refractivity contribution in [2.24, 2.45) is 0 Å². The van der Waals surface area contributed by atoms with Crippen LogP contribution in [0.15, 0.2) is 22.7 Å². The number of benzene rings is 1. The molecule has 0 bridgehead atoms. The van der Waals surface area contributed by atoms with Gasteiger partial charge in [-0.15, -0.1) is 0 Å². The number of nitrogens with zero attached hydrogens (tertiary/aromatic N) is 3. The highest BCUT2D eigenvalue weighted by atomic mass is 16.6. The van der Waals surface area contributed by atoms with Crippen molar-refractivity contribution in [1.82, 2.24) is 15.0 Å². The number of amides is 1. The van der Waals surface area contributed by atoms with Gasteiger partial charge in [0.25, 0.3) is 0 Å². The summed E-state index contributed by atoms with van der Waals surface area (Å²) in [5, 5.41) is 3.97. The third kappa shape index (κ3) is 3.89. The van der Waals surface area contributed by atoms with Gasteiger partial charge in [0, 0.05) is 38.7 Å². The number of methoxy groups -OCH3 is 1. The Hall–Kier alpha value is -2.74. The molecule has 156 valence electrons. The zero-order chi connectivity index (χ0) is 20.6. The predicted molar refractivity (Wildman–Crippen MR) is 105 cm³/mol. The summed E-state index contributed by atoms with van der Waals surface area (Å²) in [7, 11) is 3.45. The molecule has 0 N–H and O–H groups in total. The molecule has 1 unspecified atom stereocenters. The molecule has 8 heteroatoms. The summed E-state index contributed by atoms with van der Waals surface area (Å²) < 4.78 is 22.4. The third-order valence-corrected chi connectivity index (χ3v) is 5.75. The van der Waals surface area contributed by atoms with E-state index in [1.807, 2.05) is 32.0 Å². The van der Waals surface area contributed by atoms with Gasteiger partial charge >= 0.3 is 6.09 Å². The van der Waals surface area contributed by atoms with Crippen molar-refractivity contribution in [2.75, 3.05) is 33.8 Å². The first-order chi connectivity index (χ1) is 13.9. The molecule has 1 spiro atoms. The van der Waals surface area contributed by atoms with Crippen LogP contribution in [0.1, 0.15) is 29.0 Å². The van der Waals surface area contributed by atoms with E-state index in [0.717, 1.165) is 53.6 Å². The Labute approximate surface area is 170 Å². The van der Waals surface area contributed by atoms with Gasteiger partial charge in [-0.2, -0.15) is 0 Å². The van der Waals surface area contributed by atoms with Crippen molar-refractivity contribution in [3.05, 3.63) is 40.8 Å². The molecule has 1 aromatic heterocycles. The molecule has 4 rings (SSSR count). The summed E-state index contributed by atoms with van der Waals surface area (Å²) in [6, 6.07) is 5.84. The van der Waals surface area contributed by atoms with Gasteiger partial charge < -0.3 is 23.6 Å². The highest BCUT2D eigenvalue weighted by Crippen LogP contribution is 2.34. The minimum atomic E-state index is -0.392. The number of aryl methyl sites for hydroxylation is 2. The maximum Gasteiger partial charge on any atom is 0.410 e. The van der Waals surface area contributed by atoms with E-state index in [1.165, 1.54) is 0 Å². The van der Waals surface area contributed by atoms with Crippen molar-refractivity contribution < 1.29 is 23.5 Å². The van der Waals surface area contributed by atoms with Crippen molar-refractivity contribution in [1.29, 1.82) is 0 Å². The highest BCUT2D eigenvalue weighted by Gasteiger charge is 2.48. The molecule has 2 aliphatic heterocycles. The van der Waals surface area contributed by atoms with Gasteiger partial charge in [-0.3, -0.25) is 4.90 Å². The molecule has 1 atom stereocenters. The molecule has 8 nitrogen and oxygen atoms in total. The third-order valence-electron chi connectivity index (χ3n) is 5.75. The van der Waals surface area contributed by atoms with E-state index in [1.54, 1.807) is 19.1 Å². The topological polar surface area (TPSA) is 77.3 Å². The summed E-state index contributed by atoms with van der Waals surface area (Å²) in [4.78, 5) is 15.7. The summed E-state index contributed by atoms with van der Waals surface area (Å²) in [5.74, 6) is 2.35. The van der Waals surface area contributed by atoms with Gasteiger partial charge in [-0.25, -0.2) is 4.79 Å². The number of ether oxygens (including phenoxy) is 3. The number of hydrogen-bond donors (Lipinski definition) is 0. The van der Waals surface area contributed by atoms with Crippen molar-refractivity contribution in [2.45, 2.75) is 39.0 Å². The lowest BCUT2D eigenvalue weighted by Gasteiger charge is -2.22. The SMILES string of the molecule is COc1ccc(OCc2c(C)noc2C)cc1CN1CCC2(C1)CN(C)C(=O)O2. The molecule has 2 saturated heterocycles. The molecule has 2 fully saturated rings. The molecular weight excluding hydrogens is 374 g/mol. The maximum absolute atomic E-state index is 11.8. The monoisotopic (exact) mass is 401 g/mol. The second-order valence-electron chi connectivity index (χ2n) is 7.93. The zero-order valence-corrected chi connectivity index (χ0v) is 17.4. The smallest absolute Gasteiger partial charge is 0.410 e. The van der Waals surface area contributed by atoms with Gasteiger partial charge in [0.1, 0.15) is 29.5 Å². The van der Waals surface area contributed by atoms with Crippen molar-refractivity contribution in [3.63, 3.8) is 0 Å². The van der Waals surface area contributed by atoms with E-state index in [9.17, 15) is 4.79 Å². The number of aromatic nitrogens is 1. The molecule has 29 heavy (non-hydrogen) atoms. The van der Waals surface area contributed by atoms with E-state index in [-0.39, 0.29) is 6.09 Å². The lowest BCUT2D eigenvalue weighted by atomic mass is 10.0. The molecule has 0 saturated carbocycles. The summed E-state index contributed by atoms with van der Waals surface area (Å²) >= 11 is 0. The zero-order valence-electron chi connectivity index (χ0n) is 17.4.